The van der Waals surface area contributed by atoms with Crippen LogP contribution < -0.4 is 16.8 Å². The van der Waals surface area contributed by atoms with E-state index in [-0.39, 0.29) is 0 Å². The third-order valence-electron chi connectivity index (χ3n) is 1.45. The van der Waals surface area contributed by atoms with Crippen LogP contribution in [0.15, 0.2) is 22.7 Å². The Morgan fingerprint density at radius 1 is 1.42 bits per heavy atom. The lowest BCUT2D eigenvalue weighted by Gasteiger charge is -2.07. The number of nitrogens with two attached hydrogens (primary N) is 2. The van der Waals surface area contributed by atoms with Gasteiger partial charge in [0.05, 0.1) is 0 Å². The SMILES string of the molecule is NCCNc1ccc(N)cc1Br. The minimum absolute atomic E-state index is 0.622. The van der Waals surface area contributed by atoms with E-state index in [4.69, 9.17) is 11.5 Å². The highest BCUT2D eigenvalue weighted by Gasteiger charge is 1.97. The average molecular weight is 230 g/mol. The molecule has 0 aromatic heterocycles. The molecular weight excluding hydrogens is 218 g/mol. The molecule has 1 aromatic carbocycles. The van der Waals surface area contributed by atoms with Gasteiger partial charge in [0.25, 0.3) is 0 Å². The first-order valence-corrected chi connectivity index (χ1v) is 4.52. The quantitative estimate of drug-likeness (QED) is 0.687. The molecule has 0 atom stereocenters. The lowest BCUT2D eigenvalue weighted by molar-refractivity contribution is 1.02. The molecule has 1 aromatic rings. The van der Waals surface area contributed by atoms with Gasteiger partial charge in [0.1, 0.15) is 0 Å². The molecule has 0 aliphatic heterocycles. The highest BCUT2D eigenvalue weighted by atomic mass is 79.9. The predicted octanol–water partition coefficient (Wildman–Crippen LogP) is 1.40. The van der Waals surface area contributed by atoms with Crippen molar-refractivity contribution < 1.29 is 0 Å². The zero-order chi connectivity index (χ0) is 8.97. The maximum absolute atomic E-state index is 5.57. The van der Waals surface area contributed by atoms with Crippen molar-refractivity contribution in [3.05, 3.63) is 22.7 Å². The molecule has 0 radical (unpaired) electrons. The highest BCUT2D eigenvalue weighted by Crippen LogP contribution is 2.24. The van der Waals surface area contributed by atoms with Gasteiger partial charge in [0.2, 0.25) is 0 Å². The van der Waals surface area contributed by atoms with Gasteiger partial charge in [-0.1, -0.05) is 0 Å². The minimum atomic E-state index is 0.622. The Labute approximate surface area is 80.3 Å². The molecule has 0 saturated carbocycles. The first-order valence-electron chi connectivity index (χ1n) is 3.73. The second-order valence-electron chi connectivity index (χ2n) is 2.45. The van der Waals surface area contributed by atoms with Gasteiger partial charge < -0.3 is 16.8 Å². The van der Waals surface area contributed by atoms with Crippen molar-refractivity contribution in [3.8, 4) is 0 Å². The Balaban J connectivity index is 2.72. The average Bonchev–Trinajstić information content (AvgIpc) is 2.03. The molecule has 0 spiro atoms. The predicted molar refractivity (Wildman–Crippen MR) is 56.1 cm³/mol. The molecular formula is C8H12BrN3. The normalized spacial score (nSPS) is 9.83. The van der Waals surface area contributed by atoms with Gasteiger partial charge in [-0.05, 0) is 34.1 Å². The second-order valence-corrected chi connectivity index (χ2v) is 3.31. The summed E-state index contributed by atoms with van der Waals surface area (Å²) in [6.07, 6.45) is 0. The van der Waals surface area contributed by atoms with Gasteiger partial charge >= 0.3 is 0 Å². The molecule has 0 amide bonds. The van der Waals surface area contributed by atoms with Crippen LogP contribution in [0.4, 0.5) is 11.4 Å². The lowest BCUT2D eigenvalue weighted by Crippen LogP contribution is -2.13. The van der Waals surface area contributed by atoms with Gasteiger partial charge in [-0.3, -0.25) is 0 Å². The largest absolute Gasteiger partial charge is 0.399 e. The first-order chi connectivity index (χ1) is 5.74. The van der Waals surface area contributed by atoms with E-state index in [9.17, 15) is 0 Å². The van der Waals surface area contributed by atoms with Crippen molar-refractivity contribution in [2.75, 3.05) is 24.1 Å². The van der Waals surface area contributed by atoms with E-state index in [1.165, 1.54) is 0 Å². The topological polar surface area (TPSA) is 64.1 Å². The fraction of sp³-hybridized carbons (Fsp3) is 0.250. The number of hydrogen-bond donors (Lipinski definition) is 3. The van der Waals surface area contributed by atoms with E-state index in [1.807, 2.05) is 18.2 Å². The number of nitrogens with one attached hydrogen (secondary N) is 1. The summed E-state index contributed by atoms with van der Waals surface area (Å²) in [5.41, 5.74) is 12.7. The highest BCUT2D eigenvalue weighted by molar-refractivity contribution is 9.10. The number of halogens is 1. The fourth-order valence-corrected chi connectivity index (χ4v) is 1.42. The van der Waals surface area contributed by atoms with Gasteiger partial charge in [0.15, 0.2) is 0 Å². The molecule has 1 rings (SSSR count). The van der Waals surface area contributed by atoms with Gasteiger partial charge in [-0.25, -0.2) is 0 Å². The second kappa shape index (κ2) is 4.33. The maximum atomic E-state index is 5.57. The van der Waals surface area contributed by atoms with Crippen LogP contribution in [0.5, 0.6) is 0 Å². The van der Waals surface area contributed by atoms with E-state index >= 15 is 0 Å². The summed E-state index contributed by atoms with van der Waals surface area (Å²) in [4.78, 5) is 0. The number of rotatable bonds is 3. The number of benzene rings is 1. The summed E-state index contributed by atoms with van der Waals surface area (Å²) in [5.74, 6) is 0. The van der Waals surface area contributed by atoms with Crippen molar-refractivity contribution in [1.82, 2.24) is 0 Å². The molecule has 0 aliphatic carbocycles. The van der Waals surface area contributed by atoms with Crippen molar-refractivity contribution in [1.29, 1.82) is 0 Å². The Kier molecular flexibility index (Phi) is 3.37. The molecule has 3 nitrogen and oxygen atoms in total. The Morgan fingerprint density at radius 2 is 2.17 bits per heavy atom. The maximum Gasteiger partial charge on any atom is 0.0486 e. The minimum Gasteiger partial charge on any atom is -0.399 e. The molecule has 5 N–H and O–H groups in total. The van der Waals surface area contributed by atoms with Gasteiger partial charge in [-0.2, -0.15) is 0 Å². The summed E-state index contributed by atoms with van der Waals surface area (Å²) >= 11 is 3.39. The molecule has 0 unspecified atom stereocenters. The summed E-state index contributed by atoms with van der Waals surface area (Å²) in [5, 5.41) is 3.16. The lowest BCUT2D eigenvalue weighted by atomic mass is 10.3. The third-order valence-corrected chi connectivity index (χ3v) is 2.11. The fourth-order valence-electron chi connectivity index (χ4n) is 0.882. The van der Waals surface area contributed by atoms with E-state index in [1.54, 1.807) is 0 Å². The Bertz CT molecular complexity index is 262. The van der Waals surface area contributed by atoms with Crippen LogP contribution in [0.3, 0.4) is 0 Å². The van der Waals surface area contributed by atoms with E-state index in [0.29, 0.717) is 6.54 Å². The van der Waals surface area contributed by atoms with Crippen molar-refractivity contribution in [2.24, 2.45) is 5.73 Å². The molecule has 66 valence electrons. The molecule has 0 fully saturated rings. The van der Waals surface area contributed by atoms with E-state index in [0.717, 1.165) is 22.4 Å². The van der Waals surface area contributed by atoms with Crippen molar-refractivity contribution in [3.63, 3.8) is 0 Å². The van der Waals surface area contributed by atoms with E-state index in [2.05, 4.69) is 21.2 Å². The standard InChI is InChI=1S/C8H12BrN3/c9-7-5-6(11)1-2-8(7)12-4-3-10/h1-2,5,12H,3-4,10-11H2. The van der Waals surface area contributed by atoms with Crippen LogP contribution in [0.2, 0.25) is 0 Å². The van der Waals surface area contributed by atoms with Crippen molar-refractivity contribution in [2.45, 2.75) is 0 Å². The van der Waals surface area contributed by atoms with Crippen LogP contribution in [0.1, 0.15) is 0 Å². The number of nitrogen functional groups attached to an aromatic ring is 1. The van der Waals surface area contributed by atoms with Crippen LogP contribution in [0, 0.1) is 0 Å². The zero-order valence-electron chi connectivity index (χ0n) is 6.68. The third kappa shape index (κ3) is 2.39. The van der Waals surface area contributed by atoms with Gasteiger partial charge in [-0.15, -0.1) is 0 Å². The van der Waals surface area contributed by atoms with E-state index < -0.39 is 0 Å². The molecule has 0 saturated heterocycles. The van der Waals surface area contributed by atoms with Crippen molar-refractivity contribution >= 4 is 27.3 Å². The summed E-state index contributed by atoms with van der Waals surface area (Å²) in [6.45, 7) is 1.39. The Hall–Kier alpha value is -0.740. The zero-order valence-corrected chi connectivity index (χ0v) is 8.26. The molecule has 0 heterocycles. The molecule has 4 heteroatoms. The smallest absolute Gasteiger partial charge is 0.0486 e. The summed E-state index contributed by atoms with van der Waals surface area (Å²) in [7, 11) is 0. The molecule has 0 aliphatic rings. The Morgan fingerprint density at radius 3 is 2.75 bits per heavy atom. The van der Waals surface area contributed by atoms with Crippen LogP contribution in [-0.4, -0.2) is 13.1 Å². The van der Waals surface area contributed by atoms with Crippen LogP contribution >= 0.6 is 15.9 Å². The number of anilines is 2. The monoisotopic (exact) mass is 229 g/mol. The number of hydrogen-bond acceptors (Lipinski definition) is 3. The molecule has 12 heavy (non-hydrogen) atoms. The molecule has 0 bridgehead atoms. The summed E-state index contributed by atoms with van der Waals surface area (Å²) < 4.78 is 0.968. The van der Waals surface area contributed by atoms with Crippen LogP contribution in [0.25, 0.3) is 0 Å². The van der Waals surface area contributed by atoms with Crippen LogP contribution in [-0.2, 0) is 0 Å². The van der Waals surface area contributed by atoms with Gasteiger partial charge in [0, 0.05) is 28.9 Å². The summed E-state index contributed by atoms with van der Waals surface area (Å²) in [6, 6.07) is 5.64. The first kappa shape index (κ1) is 9.35.